The Hall–Kier alpha value is -0.420. The molecular formula is C14H17I2NO4. The van der Waals surface area contributed by atoms with E-state index >= 15 is 0 Å². The van der Waals surface area contributed by atoms with Crippen LogP contribution in [0.2, 0.25) is 0 Å². The SMILES string of the molecule is O=C(O)CCC(=O)CCNCCc1cc(I)c(O)c(I)c1. The Labute approximate surface area is 150 Å². The normalized spacial score (nSPS) is 10.6. The van der Waals surface area contributed by atoms with Crippen LogP contribution in [0.25, 0.3) is 0 Å². The van der Waals surface area contributed by atoms with E-state index in [2.05, 4.69) is 50.5 Å². The first-order valence-corrected chi connectivity index (χ1v) is 8.67. The number of aromatic hydroxyl groups is 1. The summed E-state index contributed by atoms with van der Waals surface area (Å²) in [6.45, 7) is 1.30. The highest BCUT2D eigenvalue weighted by molar-refractivity contribution is 14.1. The second kappa shape index (κ2) is 9.57. The van der Waals surface area contributed by atoms with E-state index in [0.29, 0.717) is 18.7 Å². The van der Waals surface area contributed by atoms with Crippen molar-refractivity contribution in [2.75, 3.05) is 13.1 Å². The molecule has 7 heteroatoms. The zero-order chi connectivity index (χ0) is 15.8. The maximum atomic E-state index is 11.4. The second-order valence-electron chi connectivity index (χ2n) is 4.59. The van der Waals surface area contributed by atoms with Crippen molar-refractivity contribution in [1.82, 2.24) is 5.32 Å². The van der Waals surface area contributed by atoms with Crippen molar-refractivity contribution in [3.8, 4) is 5.75 Å². The van der Waals surface area contributed by atoms with Crippen LogP contribution in [0.4, 0.5) is 0 Å². The van der Waals surface area contributed by atoms with Gasteiger partial charge >= 0.3 is 5.97 Å². The van der Waals surface area contributed by atoms with Crippen LogP contribution in [0.5, 0.6) is 5.75 Å². The molecule has 0 radical (unpaired) electrons. The number of hydrogen-bond donors (Lipinski definition) is 3. The van der Waals surface area contributed by atoms with Gasteiger partial charge < -0.3 is 15.5 Å². The highest BCUT2D eigenvalue weighted by Crippen LogP contribution is 2.27. The molecule has 0 bridgehead atoms. The first-order chi connectivity index (χ1) is 9.90. The molecule has 0 aliphatic rings. The van der Waals surface area contributed by atoms with Crippen molar-refractivity contribution >= 4 is 56.9 Å². The van der Waals surface area contributed by atoms with E-state index in [1.165, 1.54) is 0 Å². The number of phenolic OH excluding ortho intramolecular Hbond substituents is 1. The van der Waals surface area contributed by atoms with E-state index in [1.807, 2.05) is 12.1 Å². The molecule has 0 saturated heterocycles. The summed E-state index contributed by atoms with van der Waals surface area (Å²) in [5, 5.41) is 21.3. The van der Waals surface area contributed by atoms with Gasteiger partial charge in [-0.05, 0) is 75.8 Å². The molecule has 116 valence electrons. The summed E-state index contributed by atoms with van der Waals surface area (Å²) in [6, 6.07) is 3.88. The number of phenols is 1. The number of carboxylic acids is 1. The minimum absolute atomic E-state index is 0.0290. The first kappa shape index (κ1) is 18.6. The topological polar surface area (TPSA) is 86.6 Å². The van der Waals surface area contributed by atoms with E-state index in [1.54, 1.807) is 0 Å². The lowest BCUT2D eigenvalue weighted by Crippen LogP contribution is -2.21. The number of Topliss-reactive ketones (excluding diaryl/α,β-unsaturated/α-hetero) is 1. The summed E-state index contributed by atoms with van der Waals surface area (Å²) in [5.74, 6) is -0.650. The van der Waals surface area contributed by atoms with Crippen molar-refractivity contribution in [2.45, 2.75) is 25.7 Å². The maximum Gasteiger partial charge on any atom is 0.303 e. The number of carbonyl (C=O) groups is 2. The summed E-state index contributed by atoms with van der Waals surface area (Å²) >= 11 is 4.20. The third-order valence-corrected chi connectivity index (χ3v) is 4.51. The van der Waals surface area contributed by atoms with Crippen LogP contribution in [0.3, 0.4) is 0 Å². The summed E-state index contributed by atoms with van der Waals surface area (Å²) in [7, 11) is 0. The van der Waals surface area contributed by atoms with Gasteiger partial charge in [-0.2, -0.15) is 0 Å². The smallest absolute Gasteiger partial charge is 0.303 e. The molecule has 1 aromatic rings. The molecule has 0 aliphatic heterocycles. The molecule has 0 fully saturated rings. The quantitative estimate of drug-likeness (QED) is 0.347. The molecule has 21 heavy (non-hydrogen) atoms. The third kappa shape index (κ3) is 7.41. The van der Waals surface area contributed by atoms with Gasteiger partial charge in [0.2, 0.25) is 0 Å². The van der Waals surface area contributed by atoms with Crippen LogP contribution in [-0.4, -0.2) is 35.1 Å². The van der Waals surface area contributed by atoms with Crippen molar-refractivity contribution in [1.29, 1.82) is 0 Å². The van der Waals surface area contributed by atoms with Crippen LogP contribution in [0.15, 0.2) is 12.1 Å². The summed E-state index contributed by atoms with van der Waals surface area (Å²) in [4.78, 5) is 21.7. The molecule has 0 unspecified atom stereocenters. The van der Waals surface area contributed by atoms with Gasteiger partial charge in [0.15, 0.2) is 0 Å². The monoisotopic (exact) mass is 517 g/mol. The summed E-state index contributed by atoms with van der Waals surface area (Å²) < 4.78 is 1.66. The number of ketones is 1. The number of benzene rings is 1. The predicted molar refractivity (Wildman–Crippen MR) is 96.6 cm³/mol. The average Bonchev–Trinajstić information content (AvgIpc) is 2.42. The fourth-order valence-corrected chi connectivity index (χ4v) is 3.62. The zero-order valence-corrected chi connectivity index (χ0v) is 15.7. The highest BCUT2D eigenvalue weighted by atomic mass is 127. The van der Waals surface area contributed by atoms with Crippen molar-refractivity contribution in [3.63, 3.8) is 0 Å². The first-order valence-electron chi connectivity index (χ1n) is 6.51. The van der Waals surface area contributed by atoms with Gasteiger partial charge in [0.05, 0.1) is 13.6 Å². The zero-order valence-electron chi connectivity index (χ0n) is 11.4. The molecule has 0 amide bonds. The minimum atomic E-state index is -0.937. The molecule has 0 saturated carbocycles. The van der Waals surface area contributed by atoms with E-state index in [0.717, 1.165) is 25.7 Å². The number of carbonyl (C=O) groups excluding carboxylic acids is 1. The Morgan fingerprint density at radius 2 is 1.67 bits per heavy atom. The predicted octanol–water partition coefficient (Wildman–Crippen LogP) is 2.56. The van der Waals surface area contributed by atoms with Gasteiger partial charge in [0, 0.05) is 19.4 Å². The third-order valence-electron chi connectivity index (χ3n) is 2.87. The number of nitrogens with one attached hydrogen (secondary N) is 1. The highest BCUT2D eigenvalue weighted by Gasteiger charge is 2.07. The molecule has 0 heterocycles. The van der Waals surface area contributed by atoms with Crippen molar-refractivity contribution in [2.24, 2.45) is 0 Å². The molecule has 3 N–H and O–H groups in total. The van der Waals surface area contributed by atoms with Gasteiger partial charge in [-0.25, -0.2) is 0 Å². The Morgan fingerprint density at radius 1 is 1.05 bits per heavy atom. The molecule has 1 aromatic carbocycles. The van der Waals surface area contributed by atoms with Crippen molar-refractivity contribution < 1.29 is 19.8 Å². The Bertz CT molecular complexity index is 497. The van der Waals surface area contributed by atoms with E-state index in [9.17, 15) is 14.7 Å². The number of carboxylic acid groups (broad SMARTS) is 1. The Kier molecular flexibility index (Phi) is 8.49. The largest absolute Gasteiger partial charge is 0.506 e. The van der Waals surface area contributed by atoms with E-state index < -0.39 is 5.97 Å². The van der Waals surface area contributed by atoms with Crippen LogP contribution < -0.4 is 5.32 Å². The van der Waals surface area contributed by atoms with Gasteiger partial charge in [-0.15, -0.1) is 0 Å². The fraction of sp³-hybridized carbons (Fsp3) is 0.429. The number of rotatable bonds is 9. The van der Waals surface area contributed by atoms with Crippen LogP contribution in [0, 0.1) is 7.14 Å². The molecule has 0 aliphatic carbocycles. The maximum absolute atomic E-state index is 11.4. The fourth-order valence-electron chi connectivity index (χ4n) is 1.72. The van der Waals surface area contributed by atoms with Crippen LogP contribution >= 0.6 is 45.2 Å². The van der Waals surface area contributed by atoms with Crippen LogP contribution in [-0.2, 0) is 16.0 Å². The Morgan fingerprint density at radius 3 is 2.24 bits per heavy atom. The molecule has 1 rings (SSSR count). The van der Waals surface area contributed by atoms with Gasteiger partial charge in [-0.3, -0.25) is 9.59 Å². The number of halogens is 2. The van der Waals surface area contributed by atoms with Gasteiger partial charge in [0.25, 0.3) is 0 Å². The lowest BCUT2D eigenvalue weighted by atomic mass is 10.1. The lowest BCUT2D eigenvalue weighted by Gasteiger charge is -2.07. The van der Waals surface area contributed by atoms with E-state index in [-0.39, 0.29) is 18.6 Å². The van der Waals surface area contributed by atoms with Gasteiger partial charge in [-0.1, -0.05) is 0 Å². The molecule has 0 atom stereocenters. The minimum Gasteiger partial charge on any atom is -0.506 e. The van der Waals surface area contributed by atoms with Crippen molar-refractivity contribution in [3.05, 3.63) is 24.8 Å². The molecule has 5 nitrogen and oxygen atoms in total. The molecule has 0 aromatic heterocycles. The standard InChI is InChI=1S/C14H17I2NO4/c15-11-7-9(8-12(16)14(11)21)3-5-17-6-4-10(18)1-2-13(19)20/h7-8,17,21H,1-6H2,(H,19,20). The molecule has 0 spiro atoms. The van der Waals surface area contributed by atoms with Crippen LogP contribution in [0.1, 0.15) is 24.8 Å². The number of hydrogen-bond acceptors (Lipinski definition) is 4. The summed E-state index contributed by atoms with van der Waals surface area (Å²) in [5.41, 5.74) is 1.13. The molecular weight excluding hydrogens is 500 g/mol. The Balaban J connectivity index is 2.23. The summed E-state index contributed by atoms with van der Waals surface area (Å²) in [6.07, 6.45) is 1.18. The second-order valence-corrected chi connectivity index (χ2v) is 6.91. The average molecular weight is 517 g/mol. The van der Waals surface area contributed by atoms with Gasteiger partial charge in [0.1, 0.15) is 11.5 Å². The lowest BCUT2D eigenvalue weighted by molar-refractivity contribution is -0.138. The number of aliphatic carboxylic acids is 1. The van der Waals surface area contributed by atoms with E-state index in [4.69, 9.17) is 5.11 Å².